The number of aryl methyl sites for hydroxylation is 1. The van der Waals surface area contributed by atoms with E-state index in [4.69, 9.17) is 0 Å². The molecule has 0 aliphatic rings. The molecule has 0 fully saturated rings. The van der Waals surface area contributed by atoms with Gasteiger partial charge in [0, 0.05) is 18.0 Å². The van der Waals surface area contributed by atoms with Crippen LogP contribution in [0.15, 0.2) is 79.1 Å². The van der Waals surface area contributed by atoms with Crippen molar-refractivity contribution in [3.05, 3.63) is 112 Å². The van der Waals surface area contributed by atoms with Crippen LogP contribution >= 0.6 is 0 Å². The summed E-state index contributed by atoms with van der Waals surface area (Å²) in [5.74, 6) is -0.825. The third kappa shape index (κ3) is 6.06. The van der Waals surface area contributed by atoms with Crippen LogP contribution in [-0.4, -0.2) is 24.4 Å². The van der Waals surface area contributed by atoms with E-state index < -0.39 is 39.9 Å². The van der Waals surface area contributed by atoms with E-state index in [1.165, 1.54) is 6.07 Å². The second kappa shape index (κ2) is 10.7. The molecule has 0 aliphatic heterocycles. The largest absolute Gasteiger partial charge is 0.416 e. The van der Waals surface area contributed by atoms with E-state index in [0.29, 0.717) is 34.9 Å². The fourth-order valence-electron chi connectivity index (χ4n) is 3.61. The molecule has 14 heteroatoms. The Kier molecular flexibility index (Phi) is 7.53. The highest BCUT2D eigenvalue weighted by Crippen LogP contribution is 2.34. The summed E-state index contributed by atoms with van der Waals surface area (Å²) >= 11 is 0. The van der Waals surface area contributed by atoms with E-state index in [9.17, 15) is 40.8 Å². The Hall–Kier alpha value is -4.88. The summed E-state index contributed by atoms with van der Waals surface area (Å²) in [4.78, 5) is 21.9. The Balaban J connectivity index is 0.000000224. The normalized spacial score (nSPS) is 11.7. The smallest absolute Gasteiger partial charge is 0.289 e. The number of benzene rings is 2. The van der Waals surface area contributed by atoms with Crippen molar-refractivity contribution < 1.29 is 35.7 Å². The summed E-state index contributed by atoms with van der Waals surface area (Å²) < 4.78 is 89.6. The molecule has 0 aliphatic carbocycles. The van der Waals surface area contributed by atoms with E-state index in [2.05, 4.69) is 15.0 Å². The number of hydrogen-bond acceptors (Lipinski definition) is 5. The highest BCUT2D eigenvalue weighted by Gasteiger charge is 2.33. The maximum atomic E-state index is 13.1. The molecule has 2 aromatic carbocycles. The second-order valence-electron chi connectivity index (χ2n) is 8.27. The Morgan fingerprint density at radius 3 is 2.10 bits per heavy atom. The fraction of sp³-hybridized carbons (Fsp3) is 0.115. The number of rotatable bonds is 3. The van der Waals surface area contributed by atoms with Gasteiger partial charge in [-0.2, -0.15) is 30.7 Å². The third-order valence-electron chi connectivity index (χ3n) is 5.50. The Morgan fingerprint density at radius 2 is 1.52 bits per heavy atom. The van der Waals surface area contributed by atoms with Crippen molar-refractivity contribution in [3.8, 4) is 17.2 Å². The molecule has 0 atom stereocenters. The van der Waals surface area contributed by atoms with Crippen LogP contribution in [0.4, 0.5) is 36.4 Å². The number of aromatic nitrogens is 4. The number of nitrogens with zero attached hydrogens (tertiary/aromatic N) is 5. The van der Waals surface area contributed by atoms with Crippen molar-refractivity contribution in [3.63, 3.8) is 0 Å². The molecular formula is C26H16F7N5O2. The first-order valence-electron chi connectivity index (χ1n) is 11.2. The van der Waals surface area contributed by atoms with E-state index >= 15 is 0 Å². The average Bonchev–Trinajstić information content (AvgIpc) is 3.28. The molecule has 0 unspecified atom stereocenters. The number of nitro benzene ring substituents is 1. The van der Waals surface area contributed by atoms with Crippen LogP contribution in [0.5, 0.6) is 0 Å². The maximum Gasteiger partial charge on any atom is 0.416 e. The number of pyridine rings is 2. The fourth-order valence-corrected chi connectivity index (χ4v) is 3.61. The van der Waals surface area contributed by atoms with Crippen molar-refractivity contribution in [1.29, 1.82) is 0 Å². The molecule has 3 heterocycles. The van der Waals surface area contributed by atoms with Gasteiger partial charge in [0.05, 0.1) is 39.0 Å². The zero-order valence-electron chi connectivity index (χ0n) is 20.2. The number of nitro groups is 1. The predicted octanol–water partition coefficient (Wildman–Crippen LogP) is 7.56. The minimum atomic E-state index is -4.71. The van der Waals surface area contributed by atoms with Crippen LogP contribution in [0.2, 0.25) is 0 Å². The molecular weight excluding hydrogens is 547 g/mol. The minimum Gasteiger partial charge on any atom is -0.289 e. The quantitative estimate of drug-likeness (QED) is 0.128. The number of fused-ring (bicyclic) bond motifs is 1. The predicted molar refractivity (Wildman–Crippen MR) is 130 cm³/mol. The van der Waals surface area contributed by atoms with Gasteiger partial charge in [-0.3, -0.25) is 24.6 Å². The van der Waals surface area contributed by atoms with Gasteiger partial charge in [0.15, 0.2) is 5.82 Å². The lowest BCUT2D eigenvalue weighted by Gasteiger charge is -2.10. The summed E-state index contributed by atoms with van der Waals surface area (Å²) in [6.07, 6.45) is -5.85. The zero-order valence-corrected chi connectivity index (χ0v) is 20.2. The molecule has 7 nitrogen and oxygen atoms in total. The molecule has 0 bridgehead atoms. The molecule has 206 valence electrons. The molecule has 0 N–H and O–H groups in total. The van der Waals surface area contributed by atoms with E-state index in [1.54, 1.807) is 35.2 Å². The Bertz CT molecular complexity index is 1670. The molecule has 0 saturated heterocycles. The number of imidazole rings is 1. The van der Waals surface area contributed by atoms with Gasteiger partial charge in [0.1, 0.15) is 5.69 Å². The van der Waals surface area contributed by atoms with E-state index in [1.807, 2.05) is 19.1 Å². The molecule has 40 heavy (non-hydrogen) atoms. The van der Waals surface area contributed by atoms with Gasteiger partial charge in [-0.1, -0.05) is 6.07 Å². The zero-order chi connectivity index (χ0) is 29.2. The summed E-state index contributed by atoms with van der Waals surface area (Å²) in [6.45, 7) is 1.87. The highest BCUT2D eigenvalue weighted by atomic mass is 19.4. The highest BCUT2D eigenvalue weighted by molar-refractivity contribution is 5.83. The Labute approximate surface area is 220 Å². The lowest BCUT2D eigenvalue weighted by molar-refractivity contribution is -0.387. The number of alkyl halides is 6. The van der Waals surface area contributed by atoms with Gasteiger partial charge in [0.2, 0.25) is 5.82 Å². The molecule has 5 rings (SSSR count). The molecule has 0 amide bonds. The van der Waals surface area contributed by atoms with Crippen LogP contribution in [0, 0.1) is 22.9 Å². The van der Waals surface area contributed by atoms with Crippen molar-refractivity contribution in [1.82, 2.24) is 19.5 Å². The topological polar surface area (TPSA) is 86.7 Å². The SMILES string of the molecule is Cc1ccc(-n2c(-c3ccccn3)nc3cc(C(F)(F)F)ccc32)cn1.O=[N+]([O-])c1cc(C(F)(F)F)ccc1F. The number of halogens is 7. The van der Waals surface area contributed by atoms with Gasteiger partial charge in [0.25, 0.3) is 0 Å². The van der Waals surface area contributed by atoms with Gasteiger partial charge in [-0.05, 0) is 61.5 Å². The van der Waals surface area contributed by atoms with Gasteiger partial charge in [-0.15, -0.1) is 0 Å². The van der Waals surface area contributed by atoms with Crippen molar-refractivity contribution in [2.75, 3.05) is 0 Å². The molecule has 5 aromatic rings. The molecule has 0 saturated carbocycles. The van der Waals surface area contributed by atoms with Gasteiger partial charge < -0.3 is 0 Å². The monoisotopic (exact) mass is 563 g/mol. The second-order valence-corrected chi connectivity index (χ2v) is 8.27. The molecule has 3 aromatic heterocycles. The average molecular weight is 563 g/mol. The van der Waals surface area contributed by atoms with Crippen molar-refractivity contribution in [2.24, 2.45) is 0 Å². The summed E-state index contributed by atoms with van der Waals surface area (Å²) in [6, 6.07) is 13.6. The van der Waals surface area contributed by atoms with E-state index in [-0.39, 0.29) is 11.6 Å². The van der Waals surface area contributed by atoms with Crippen molar-refractivity contribution >= 4 is 16.7 Å². The lowest BCUT2D eigenvalue weighted by atomic mass is 10.2. The Morgan fingerprint density at radius 1 is 0.850 bits per heavy atom. The van der Waals surface area contributed by atoms with Crippen LogP contribution in [0.3, 0.4) is 0 Å². The summed E-state index contributed by atoms with van der Waals surface area (Å²) in [7, 11) is 0. The molecule has 0 radical (unpaired) electrons. The van der Waals surface area contributed by atoms with Crippen LogP contribution in [0.25, 0.3) is 28.2 Å². The summed E-state index contributed by atoms with van der Waals surface area (Å²) in [5, 5.41) is 10.1. The molecule has 0 spiro atoms. The van der Waals surface area contributed by atoms with Crippen LogP contribution < -0.4 is 0 Å². The minimum absolute atomic E-state index is 0.162. The first-order chi connectivity index (χ1) is 18.8. The third-order valence-corrected chi connectivity index (χ3v) is 5.50. The van der Waals surface area contributed by atoms with Crippen LogP contribution in [0.1, 0.15) is 16.8 Å². The maximum absolute atomic E-state index is 13.1. The van der Waals surface area contributed by atoms with E-state index in [0.717, 1.165) is 17.8 Å². The lowest BCUT2D eigenvalue weighted by Crippen LogP contribution is -2.06. The standard InChI is InChI=1S/C19H13F3N4.C7H3F4NO2/c1-12-5-7-14(11-24-12)26-17-8-6-13(19(20,21)22)10-16(17)25-18(26)15-4-2-3-9-23-15;8-5-2-1-4(7(9,10)11)3-6(5)12(13)14/h2-11H,1H3;1-3H. The van der Waals surface area contributed by atoms with Crippen LogP contribution in [-0.2, 0) is 12.4 Å². The number of hydrogen-bond donors (Lipinski definition) is 0. The van der Waals surface area contributed by atoms with Crippen molar-refractivity contribution in [2.45, 2.75) is 19.3 Å². The van der Waals surface area contributed by atoms with Gasteiger partial charge in [-0.25, -0.2) is 4.98 Å². The van der Waals surface area contributed by atoms with Gasteiger partial charge >= 0.3 is 18.0 Å². The first-order valence-corrected chi connectivity index (χ1v) is 11.2. The first kappa shape index (κ1) is 28.1. The summed E-state index contributed by atoms with van der Waals surface area (Å²) in [5.41, 5.74) is -0.228.